The van der Waals surface area contributed by atoms with Crippen molar-refractivity contribution < 1.29 is 9.59 Å². The molecule has 1 aromatic rings. The number of hydrogen-bond acceptors (Lipinski definition) is 2. The van der Waals surface area contributed by atoms with Crippen molar-refractivity contribution in [3.63, 3.8) is 0 Å². The van der Waals surface area contributed by atoms with Crippen molar-refractivity contribution in [2.75, 3.05) is 11.9 Å². The Bertz CT molecular complexity index is 498. The summed E-state index contributed by atoms with van der Waals surface area (Å²) in [6, 6.07) is 4.08. The Labute approximate surface area is 121 Å². The highest BCUT2D eigenvalue weighted by atomic mass is 16.2. The van der Waals surface area contributed by atoms with Gasteiger partial charge in [-0.25, -0.2) is 0 Å². The van der Waals surface area contributed by atoms with Gasteiger partial charge in [0.05, 0.1) is 0 Å². The van der Waals surface area contributed by atoms with Crippen LogP contribution >= 0.6 is 0 Å². The van der Waals surface area contributed by atoms with E-state index in [4.69, 9.17) is 0 Å². The van der Waals surface area contributed by atoms with Crippen molar-refractivity contribution in [2.24, 2.45) is 0 Å². The summed E-state index contributed by atoms with van der Waals surface area (Å²) < 4.78 is 0. The van der Waals surface area contributed by atoms with Gasteiger partial charge in [-0.15, -0.1) is 0 Å². The molecule has 4 nitrogen and oxygen atoms in total. The highest BCUT2D eigenvalue weighted by Crippen LogP contribution is 2.21. The third-order valence-corrected chi connectivity index (χ3v) is 3.28. The van der Waals surface area contributed by atoms with Gasteiger partial charge in [-0.3, -0.25) is 9.59 Å². The van der Waals surface area contributed by atoms with E-state index >= 15 is 0 Å². The second-order valence-electron chi connectivity index (χ2n) is 5.56. The fourth-order valence-corrected chi connectivity index (χ4v) is 2.37. The van der Waals surface area contributed by atoms with Gasteiger partial charge in [0.15, 0.2) is 0 Å². The summed E-state index contributed by atoms with van der Waals surface area (Å²) in [5.74, 6) is -0.253. The molecule has 1 aromatic carbocycles. The third kappa shape index (κ3) is 4.08. The lowest BCUT2D eigenvalue weighted by atomic mass is 10.1. The number of rotatable bonds is 4. The smallest absolute Gasteiger partial charge is 0.244 e. The standard InChI is InChI=1S/C16H24N2O2/c1-10(2)18(14(6)19)9-15(20)17-16-12(4)7-11(3)8-13(16)5/h7-8,10H,9H2,1-6H3,(H,17,20). The lowest BCUT2D eigenvalue weighted by Gasteiger charge is -2.25. The summed E-state index contributed by atoms with van der Waals surface area (Å²) in [5, 5.41) is 2.91. The molecule has 0 bridgehead atoms. The SMILES string of the molecule is CC(=O)N(CC(=O)Nc1c(C)cc(C)cc1C)C(C)C. The van der Waals surface area contributed by atoms with Crippen LogP contribution in [0, 0.1) is 20.8 Å². The van der Waals surface area contributed by atoms with Crippen molar-refractivity contribution in [1.82, 2.24) is 4.90 Å². The quantitative estimate of drug-likeness (QED) is 0.919. The summed E-state index contributed by atoms with van der Waals surface area (Å²) in [7, 11) is 0. The zero-order valence-electron chi connectivity index (χ0n) is 13.2. The van der Waals surface area contributed by atoms with Crippen molar-refractivity contribution >= 4 is 17.5 Å². The van der Waals surface area contributed by atoms with Crippen molar-refractivity contribution in [3.05, 3.63) is 28.8 Å². The second-order valence-corrected chi connectivity index (χ2v) is 5.56. The number of amides is 2. The van der Waals surface area contributed by atoms with Crippen LogP contribution in [0.2, 0.25) is 0 Å². The largest absolute Gasteiger partial charge is 0.331 e. The summed E-state index contributed by atoms with van der Waals surface area (Å²) >= 11 is 0. The first-order valence-electron chi connectivity index (χ1n) is 6.87. The average Bonchev–Trinajstić information content (AvgIpc) is 2.29. The zero-order chi connectivity index (χ0) is 15.4. The van der Waals surface area contributed by atoms with E-state index in [1.165, 1.54) is 12.5 Å². The van der Waals surface area contributed by atoms with Crippen molar-refractivity contribution in [2.45, 2.75) is 47.6 Å². The first-order valence-corrected chi connectivity index (χ1v) is 6.87. The first-order chi connectivity index (χ1) is 9.22. The van der Waals surface area contributed by atoms with E-state index in [9.17, 15) is 9.59 Å². The van der Waals surface area contributed by atoms with E-state index in [-0.39, 0.29) is 24.4 Å². The lowest BCUT2D eigenvalue weighted by molar-refractivity contribution is -0.134. The normalized spacial score (nSPS) is 10.6. The van der Waals surface area contributed by atoms with Crippen LogP contribution in [0.25, 0.3) is 0 Å². The summed E-state index contributed by atoms with van der Waals surface area (Å²) in [5.41, 5.74) is 4.09. The van der Waals surface area contributed by atoms with Gasteiger partial charge >= 0.3 is 0 Å². The van der Waals surface area contributed by atoms with E-state index in [1.54, 1.807) is 4.90 Å². The Balaban J connectivity index is 2.84. The molecule has 0 fully saturated rings. The lowest BCUT2D eigenvalue weighted by Crippen LogP contribution is -2.41. The van der Waals surface area contributed by atoms with E-state index in [1.807, 2.05) is 46.8 Å². The van der Waals surface area contributed by atoms with E-state index < -0.39 is 0 Å². The molecule has 0 aliphatic carbocycles. The van der Waals surface area contributed by atoms with Crippen LogP contribution in [0.15, 0.2) is 12.1 Å². The van der Waals surface area contributed by atoms with Gasteiger partial charge in [-0.05, 0) is 45.7 Å². The minimum absolute atomic E-state index is 0.0125. The van der Waals surface area contributed by atoms with Gasteiger partial charge < -0.3 is 10.2 Å². The zero-order valence-corrected chi connectivity index (χ0v) is 13.2. The molecule has 0 saturated heterocycles. The van der Waals surface area contributed by atoms with Gasteiger partial charge in [-0.2, -0.15) is 0 Å². The Morgan fingerprint density at radius 1 is 1.15 bits per heavy atom. The summed E-state index contributed by atoms with van der Waals surface area (Å²) in [4.78, 5) is 25.2. The van der Waals surface area contributed by atoms with Crippen LogP contribution < -0.4 is 5.32 Å². The molecule has 0 aromatic heterocycles. The van der Waals surface area contributed by atoms with Crippen LogP contribution in [0.3, 0.4) is 0 Å². The van der Waals surface area contributed by atoms with Crippen LogP contribution in [-0.2, 0) is 9.59 Å². The maximum absolute atomic E-state index is 12.1. The molecule has 0 spiro atoms. The molecule has 4 heteroatoms. The minimum atomic E-state index is -0.163. The van der Waals surface area contributed by atoms with Crippen molar-refractivity contribution in [1.29, 1.82) is 0 Å². The van der Waals surface area contributed by atoms with Crippen molar-refractivity contribution in [3.8, 4) is 0 Å². The molecule has 0 heterocycles. The molecular formula is C16H24N2O2. The number of aryl methyl sites for hydroxylation is 3. The predicted octanol–water partition coefficient (Wildman–Crippen LogP) is 2.81. The van der Waals surface area contributed by atoms with E-state index in [0.717, 1.165) is 16.8 Å². The first kappa shape index (κ1) is 16.2. The Morgan fingerprint density at radius 2 is 1.65 bits per heavy atom. The fraction of sp³-hybridized carbons (Fsp3) is 0.500. The minimum Gasteiger partial charge on any atom is -0.331 e. The molecule has 0 unspecified atom stereocenters. The molecule has 110 valence electrons. The Hall–Kier alpha value is -1.84. The van der Waals surface area contributed by atoms with Gasteiger partial charge in [0.2, 0.25) is 11.8 Å². The predicted molar refractivity (Wildman–Crippen MR) is 81.8 cm³/mol. The van der Waals surface area contributed by atoms with Gasteiger partial charge in [-0.1, -0.05) is 17.7 Å². The third-order valence-electron chi connectivity index (χ3n) is 3.28. The molecule has 0 aliphatic rings. The molecule has 20 heavy (non-hydrogen) atoms. The molecule has 0 radical (unpaired) electrons. The van der Waals surface area contributed by atoms with E-state index in [0.29, 0.717) is 0 Å². The Morgan fingerprint density at radius 3 is 2.05 bits per heavy atom. The number of benzene rings is 1. The molecule has 1 rings (SSSR count). The topological polar surface area (TPSA) is 49.4 Å². The molecule has 1 N–H and O–H groups in total. The molecular weight excluding hydrogens is 252 g/mol. The maximum Gasteiger partial charge on any atom is 0.244 e. The average molecular weight is 276 g/mol. The fourth-order valence-electron chi connectivity index (χ4n) is 2.37. The van der Waals surface area contributed by atoms with Crippen LogP contribution in [0.1, 0.15) is 37.5 Å². The Kier molecular flexibility index (Phi) is 5.31. The number of carbonyl (C=O) groups is 2. The number of nitrogens with zero attached hydrogens (tertiary/aromatic N) is 1. The van der Waals surface area contributed by atoms with Crippen LogP contribution in [0.5, 0.6) is 0 Å². The van der Waals surface area contributed by atoms with Gasteiger partial charge in [0.25, 0.3) is 0 Å². The summed E-state index contributed by atoms with van der Waals surface area (Å²) in [6.07, 6.45) is 0. The number of carbonyl (C=O) groups excluding carboxylic acids is 2. The highest BCUT2D eigenvalue weighted by Gasteiger charge is 2.17. The van der Waals surface area contributed by atoms with Crippen LogP contribution in [-0.4, -0.2) is 29.3 Å². The maximum atomic E-state index is 12.1. The second kappa shape index (κ2) is 6.55. The highest BCUT2D eigenvalue weighted by molar-refractivity contribution is 5.95. The molecule has 0 aliphatic heterocycles. The number of hydrogen-bond donors (Lipinski definition) is 1. The molecule has 2 amide bonds. The monoisotopic (exact) mass is 276 g/mol. The van der Waals surface area contributed by atoms with E-state index in [2.05, 4.69) is 5.32 Å². The summed E-state index contributed by atoms with van der Waals surface area (Å²) in [6.45, 7) is 11.3. The molecule has 0 atom stereocenters. The van der Waals surface area contributed by atoms with Gasteiger partial charge in [0.1, 0.15) is 6.54 Å². The van der Waals surface area contributed by atoms with Gasteiger partial charge in [0, 0.05) is 18.7 Å². The number of anilines is 1. The molecule has 0 saturated carbocycles. The number of nitrogens with one attached hydrogen (secondary N) is 1. The van der Waals surface area contributed by atoms with Crippen LogP contribution in [0.4, 0.5) is 5.69 Å².